The van der Waals surface area contributed by atoms with E-state index in [9.17, 15) is 9.59 Å². The van der Waals surface area contributed by atoms with Gasteiger partial charge in [0.15, 0.2) is 0 Å². The van der Waals surface area contributed by atoms with E-state index in [-0.39, 0.29) is 12.2 Å². The van der Waals surface area contributed by atoms with Crippen molar-refractivity contribution in [3.8, 4) is 0 Å². The van der Waals surface area contributed by atoms with E-state index in [0.717, 1.165) is 25.5 Å². The summed E-state index contributed by atoms with van der Waals surface area (Å²) in [5, 5.41) is 0. The number of carbonyl (C=O) groups excluding carboxylic acids is 2. The van der Waals surface area contributed by atoms with Crippen LogP contribution in [0.3, 0.4) is 0 Å². The fourth-order valence-electron chi connectivity index (χ4n) is 1.94. The predicted molar refractivity (Wildman–Crippen MR) is 72.1 cm³/mol. The lowest BCUT2D eigenvalue weighted by atomic mass is 10.2. The molecule has 0 saturated carbocycles. The summed E-state index contributed by atoms with van der Waals surface area (Å²) in [5.41, 5.74) is -0.454. The zero-order valence-corrected chi connectivity index (χ0v) is 12.2. The molecule has 0 aromatic rings. The molecule has 1 saturated heterocycles. The number of hydrogen-bond acceptors (Lipinski definition) is 4. The first-order valence-corrected chi connectivity index (χ1v) is 6.95. The molecule has 1 aliphatic rings. The Morgan fingerprint density at radius 3 is 2.74 bits per heavy atom. The summed E-state index contributed by atoms with van der Waals surface area (Å²) in [5.74, 6) is 0. The molecule has 1 amide bonds. The van der Waals surface area contributed by atoms with Crippen molar-refractivity contribution in [3.05, 3.63) is 0 Å². The van der Waals surface area contributed by atoms with Gasteiger partial charge in [-0.1, -0.05) is 0 Å². The minimum atomic E-state index is -0.454. The first-order chi connectivity index (χ1) is 8.92. The Kier molecular flexibility index (Phi) is 6.28. The largest absolute Gasteiger partial charge is 0.444 e. The van der Waals surface area contributed by atoms with Crippen LogP contribution in [0.15, 0.2) is 0 Å². The SMILES string of the molecule is CC(C)(C)OC(=O)N1CCC(OCCCCC=O)C1. The van der Waals surface area contributed by atoms with Gasteiger partial charge in [-0.2, -0.15) is 0 Å². The van der Waals surface area contributed by atoms with E-state index in [1.165, 1.54) is 0 Å². The Morgan fingerprint density at radius 2 is 2.11 bits per heavy atom. The molecule has 0 aromatic heterocycles. The van der Waals surface area contributed by atoms with Crippen LogP contribution >= 0.6 is 0 Å². The van der Waals surface area contributed by atoms with Gasteiger partial charge in [-0.15, -0.1) is 0 Å². The highest BCUT2D eigenvalue weighted by molar-refractivity contribution is 5.68. The van der Waals surface area contributed by atoms with Crippen molar-refractivity contribution in [3.63, 3.8) is 0 Å². The van der Waals surface area contributed by atoms with Crippen molar-refractivity contribution in [1.82, 2.24) is 4.90 Å². The molecule has 0 N–H and O–H groups in total. The van der Waals surface area contributed by atoms with E-state index < -0.39 is 5.60 Å². The second-order valence-electron chi connectivity index (χ2n) is 5.87. The van der Waals surface area contributed by atoms with Crippen LogP contribution < -0.4 is 0 Å². The molecule has 0 aliphatic carbocycles. The highest BCUT2D eigenvalue weighted by Gasteiger charge is 2.29. The van der Waals surface area contributed by atoms with Crippen molar-refractivity contribution in [2.45, 2.75) is 58.2 Å². The van der Waals surface area contributed by atoms with Crippen LogP contribution in [0.4, 0.5) is 4.79 Å². The molecule has 0 spiro atoms. The van der Waals surface area contributed by atoms with E-state index in [2.05, 4.69) is 0 Å². The van der Waals surface area contributed by atoms with Crippen LogP contribution in [-0.4, -0.2) is 48.7 Å². The number of amides is 1. The van der Waals surface area contributed by atoms with Crippen LogP contribution in [-0.2, 0) is 14.3 Å². The minimum absolute atomic E-state index is 0.101. The van der Waals surface area contributed by atoms with Crippen molar-refractivity contribution >= 4 is 12.4 Å². The average molecular weight is 271 g/mol. The van der Waals surface area contributed by atoms with Gasteiger partial charge in [0, 0.05) is 19.6 Å². The topological polar surface area (TPSA) is 55.8 Å². The number of rotatable bonds is 6. The number of carbonyl (C=O) groups is 2. The molecule has 19 heavy (non-hydrogen) atoms. The molecule has 1 heterocycles. The van der Waals surface area contributed by atoms with Gasteiger partial charge in [0.05, 0.1) is 12.6 Å². The molecule has 0 bridgehead atoms. The maximum Gasteiger partial charge on any atom is 0.410 e. The van der Waals surface area contributed by atoms with E-state index >= 15 is 0 Å². The van der Waals surface area contributed by atoms with E-state index in [4.69, 9.17) is 9.47 Å². The van der Waals surface area contributed by atoms with Gasteiger partial charge in [0.1, 0.15) is 11.9 Å². The third kappa shape index (κ3) is 6.57. The molecule has 5 nitrogen and oxygen atoms in total. The van der Waals surface area contributed by atoms with Crippen molar-refractivity contribution in [2.24, 2.45) is 0 Å². The zero-order valence-electron chi connectivity index (χ0n) is 12.2. The van der Waals surface area contributed by atoms with Crippen LogP contribution in [0.5, 0.6) is 0 Å². The molecule has 0 radical (unpaired) electrons. The second kappa shape index (κ2) is 7.48. The Bertz CT molecular complexity index is 298. The molecule has 1 fully saturated rings. The molecular formula is C14H25NO4. The van der Waals surface area contributed by atoms with Gasteiger partial charge < -0.3 is 19.2 Å². The normalized spacial score (nSPS) is 19.5. The fourth-order valence-corrected chi connectivity index (χ4v) is 1.94. The molecule has 0 aromatic carbocycles. The van der Waals surface area contributed by atoms with E-state index in [1.54, 1.807) is 4.90 Å². The summed E-state index contributed by atoms with van der Waals surface area (Å²) in [4.78, 5) is 23.7. The standard InChI is InChI=1S/C14H25NO4/c1-14(2,3)19-13(17)15-8-7-12(11-15)18-10-6-4-5-9-16/h9,12H,4-8,10-11H2,1-3H3. The number of aldehydes is 1. The second-order valence-corrected chi connectivity index (χ2v) is 5.87. The summed E-state index contributed by atoms with van der Waals surface area (Å²) in [6.45, 7) is 7.53. The summed E-state index contributed by atoms with van der Waals surface area (Å²) in [6, 6.07) is 0. The molecular weight excluding hydrogens is 246 g/mol. The Balaban J connectivity index is 2.18. The summed E-state index contributed by atoms with van der Waals surface area (Å²) in [6.07, 6.45) is 3.97. The molecule has 1 rings (SSSR count). The van der Waals surface area contributed by atoms with Gasteiger partial charge in [0.2, 0.25) is 0 Å². The summed E-state index contributed by atoms with van der Waals surface area (Å²) in [7, 11) is 0. The Labute approximate surface area is 115 Å². The van der Waals surface area contributed by atoms with Crippen LogP contribution in [0.1, 0.15) is 46.5 Å². The van der Waals surface area contributed by atoms with Gasteiger partial charge in [-0.3, -0.25) is 0 Å². The average Bonchev–Trinajstić information content (AvgIpc) is 2.75. The zero-order chi connectivity index (χ0) is 14.3. The molecule has 110 valence electrons. The van der Waals surface area contributed by atoms with E-state index in [0.29, 0.717) is 26.1 Å². The number of ether oxygens (including phenoxy) is 2. The number of hydrogen-bond donors (Lipinski definition) is 0. The van der Waals surface area contributed by atoms with Crippen LogP contribution in [0.25, 0.3) is 0 Å². The van der Waals surface area contributed by atoms with Crippen molar-refractivity contribution < 1.29 is 19.1 Å². The highest BCUT2D eigenvalue weighted by atomic mass is 16.6. The fraction of sp³-hybridized carbons (Fsp3) is 0.857. The van der Waals surface area contributed by atoms with Crippen LogP contribution in [0.2, 0.25) is 0 Å². The molecule has 1 unspecified atom stereocenters. The maximum absolute atomic E-state index is 11.8. The summed E-state index contributed by atoms with van der Waals surface area (Å²) >= 11 is 0. The molecule has 1 atom stereocenters. The smallest absolute Gasteiger partial charge is 0.410 e. The van der Waals surface area contributed by atoms with Gasteiger partial charge in [-0.05, 0) is 40.0 Å². The molecule has 5 heteroatoms. The van der Waals surface area contributed by atoms with Crippen LogP contribution in [0, 0.1) is 0 Å². The quantitative estimate of drug-likeness (QED) is 0.550. The lowest BCUT2D eigenvalue weighted by Crippen LogP contribution is -2.36. The summed E-state index contributed by atoms with van der Waals surface area (Å²) < 4.78 is 11.0. The first-order valence-electron chi connectivity index (χ1n) is 6.95. The lowest BCUT2D eigenvalue weighted by molar-refractivity contribution is -0.108. The number of nitrogens with zero attached hydrogens (tertiary/aromatic N) is 1. The number of likely N-dealkylation sites (tertiary alicyclic amines) is 1. The maximum atomic E-state index is 11.8. The predicted octanol–water partition coefficient (Wildman–Crippen LogP) is 2.38. The minimum Gasteiger partial charge on any atom is -0.444 e. The van der Waals surface area contributed by atoms with Crippen molar-refractivity contribution in [1.29, 1.82) is 0 Å². The first kappa shape index (κ1) is 16.0. The Hall–Kier alpha value is -1.10. The third-order valence-corrected chi connectivity index (χ3v) is 2.87. The lowest BCUT2D eigenvalue weighted by Gasteiger charge is -2.24. The Morgan fingerprint density at radius 1 is 1.37 bits per heavy atom. The monoisotopic (exact) mass is 271 g/mol. The third-order valence-electron chi connectivity index (χ3n) is 2.87. The highest BCUT2D eigenvalue weighted by Crippen LogP contribution is 2.17. The van der Waals surface area contributed by atoms with Gasteiger partial charge in [0.25, 0.3) is 0 Å². The molecule has 1 aliphatic heterocycles. The number of unbranched alkanes of at least 4 members (excludes halogenated alkanes) is 2. The van der Waals surface area contributed by atoms with E-state index in [1.807, 2.05) is 20.8 Å². The van der Waals surface area contributed by atoms with Gasteiger partial charge >= 0.3 is 6.09 Å². The van der Waals surface area contributed by atoms with Crippen molar-refractivity contribution in [2.75, 3.05) is 19.7 Å². The van der Waals surface area contributed by atoms with Gasteiger partial charge in [-0.25, -0.2) is 4.79 Å².